The fourth-order valence-electron chi connectivity index (χ4n) is 2.34. The third-order valence-corrected chi connectivity index (χ3v) is 3.53. The summed E-state index contributed by atoms with van der Waals surface area (Å²) < 4.78 is 13.6. The average Bonchev–Trinajstić information content (AvgIpc) is 2.90. The quantitative estimate of drug-likeness (QED) is 0.777. The minimum Gasteiger partial charge on any atom is -0.342 e. The molecule has 0 aliphatic rings. The van der Waals surface area contributed by atoms with E-state index < -0.39 is 11.7 Å². The first-order chi connectivity index (χ1) is 10.5. The summed E-state index contributed by atoms with van der Waals surface area (Å²) in [7, 11) is 0. The Morgan fingerprint density at radius 1 is 1.27 bits per heavy atom. The molecule has 2 N–H and O–H groups in total. The Bertz CT molecular complexity index is 841. The van der Waals surface area contributed by atoms with Gasteiger partial charge in [-0.25, -0.2) is 9.37 Å². The van der Waals surface area contributed by atoms with E-state index >= 15 is 0 Å². The monoisotopic (exact) mass is 297 g/mol. The lowest BCUT2D eigenvalue weighted by Crippen LogP contribution is -2.28. The zero-order valence-corrected chi connectivity index (χ0v) is 12.4. The zero-order chi connectivity index (χ0) is 15.7. The number of fused-ring (bicyclic) bond motifs is 1. The lowest BCUT2D eigenvalue weighted by molar-refractivity contribution is 0.0934. The highest BCUT2D eigenvalue weighted by molar-refractivity contribution is 5.94. The largest absolute Gasteiger partial charge is 0.342 e. The van der Waals surface area contributed by atoms with Gasteiger partial charge in [-0.15, -0.1) is 0 Å². The Labute approximate surface area is 127 Å². The number of hydrogen-bond donors (Lipinski definition) is 2. The molecule has 1 atom stereocenters. The van der Waals surface area contributed by atoms with Gasteiger partial charge in [-0.05, 0) is 43.7 Å². The number of benzene rings is 2. The van der Waals surface area contributed by atoms with Crippen molar-refractivity contribution in [2.24, 2.45) is 0 Å². The zero-order valence-electron chi connectivity index (χ0n) is 12.4. The van der Waals surface area contributed by atoms with Crippen molar-refractivity contribution in [1.29, 1.82) is 0 Å². The van der Waals surface area contributed by atoms with Crippen molar-refractivity contribution < 1.29 is 9.18 Å². The molecule has 3 rings (SSSR count). The van der Waals surface area contributed by atoms with Crippen molar-refractivity contribution in [3.8, 4) is 0 Å². The molecule has 0 aliphatic heterocycles. The molecule has 4 nitrogen and oxygen atoms in total. The van der Waals surface area contributed by atoms with E-state index in [0.717, 1.165) is 16.6 Å². The standard InChI is InChI=1S/C17H16FN3O/c1-10-7-8-14-15(9-10)21-16(20-14)11(2)19-17(22)12-5-3-4-6-13(12)18/h3-9,11H,1-2H3,(H,19,22)(H,20,21)/t11-/m1/s1. The molecule has 22 heavy (non-hydrogen) atoms. The van der Waals surface area contributed by atoms with Gasteiger partial charge in [0.1, 0.15) is 11.6 Å². The van der Waals surface area contributed by atoms with Gasteiger partial charge in [0.25, 0.3) is 5.91 Å². The number of halogens is 1. The summed E-state index contributed by atoms with van der Waals surface area (Å²) in [4.78, 5) is 19.8. The molecular weight excluding hydrogens is 281 g/mol. The van der Waals surface area contributed by atoms with E-state index in [9.17, 15) is 9.18 Å². The van der Waals surface area contributed by atoms with Crippen molar-refractivity contribution in [1.82, 2.24) is 15.3 Å². The van der Waals surface area contributed by atoms with Gasteiger partial charge in [-0.1, -0.05) is 18.2 Å². The minimum absolute atomic E-state index is 0.0290. The molecule has 3 aromatic rings. The van der Waals surface area contributed by atoms with E-state index in [1.54, 1.807) is 12.1 Å². The number of nitrogens with one attached hydrogen (secondary N) is 2. The van der Waals surface area contributed by atoms with Gasteiger partial charge in [-0.2, -0.15) is 0 Å². The van der Waals surface area contributed by atoms with Crippen molar-refractivity contribution in [3.63, 3.8) is 0 Å². The van der Waals surface area contributed by atoms with Crippen LogP contribution in [0.2, 0.25) is 0 Å². The maximum Gasteiger partial charge on any atom is 0.254 e. The van der Waals surface area contributed by atoms with Gasteiger partial charge in [0.05, 0.1) is 22.6 Å². The number of amides is 1. The van der Waals surface area contributed by atoms with Gasteiger partial charge in [0, 0.05) is 0 Å². The van der Waals surface area contributed by atoms with E-state index in [1.807, 2.05) is 32.0 Å². The molecule has 0 spiro atoms. The Kier molecular flexibility index (Phi) is 3.63. The second-order valence-corrected chi connectivity index (χ2v) is 5.32. The third-order valence-electron chi connectivity index (χ3n) is 3.53. The fourth-order valence-corrected chi connectivity index (χ4v) is 2.34. The van der Waals surface area contributed by atoms with Crippen LogP contribution in [0.3, 0.4) is 0 Å². The molecule has 1 heterocycles. The molecule has 0 bridgehead atoms. The van der Waals surface area contributed by atoms with Crippen LogP contribution in [0.25, 0.3) is 11.0 Å². The normalized spacial score (nSPS) is 12.3. The molecule has 5 heteroatoms. The number of imidazole rings is 1. The van der Waals surface area contributed by atoms with Crippen LogP contribution in [0, 0.1) is 12.7 Å². The molecule has 0 unspecified atom stereocenters. The smallest absolute Gasteiger partial charge is 0.254 e. The number of aromatic amines is 1. The first kappa shape index (κ1) is 14.3. The van der Waals surface area contributed by atoms with E-state index in [2.05, 4.69) is 15.3 Å². The van der Waals surface area contributed by atoms with Gasteiger partial charge >= 0.3 is 0 Å². The summed E-state index contributed by atoms with van der Waals surface area (Å²) >= 11 is 0. The predicted molar refractivity (Wildman–Crippen MR) is 83.1 cm³/mol. The van der Waals surface area contributed by atoms with Gasteiger partial charge in [-0.3, -0.25) is 4.79 Å². The number of aromatic nitrogens is 2. The Morgan fingerprint density at radius 3 is 2.82 bits per heavy atom. The average molecular weight is 297 g/mol. The van der Waals surface area contributed by atoms with Crippen molar-refractivity contribution in [3.05, 3.63) is 65.2 Å². The number of carbonyl (C=O) groups is 1. The first-order valence-electron chi connectivity index (χ1n) is 7.06. The molecule has 1 amide bonds. The molecule has 0 radical (unpaired) electrons. The number of rotatable bonds is 3. The number of carbonyl (C=O) groups excluding carboxylic acids is 1. The van der Waals surface area contributed by atoms with Gasteiger partial charge in [0.15, 0.2) is 0 Å². The number of aryl methyl sites for hydroxylation is 1. The molecular formula is C17H16FN3O. The van der Waals surface area contributed by atoms with Crippen LogP contribution in [0.4, 0.5) is 4.39 Å². The molecule has 0 saturated carbocycles. The Balaban J connectivity index is 1.82. The van der Waals surface area contributed by atoms with E-state index in [4.69, 9.17) is 0 Å². The summed E-state index contributed by atoms with van der Waals surface area (Å²) in [6.07, 6.45) is 0. The molecule has 0 fully saturated rings. The first-order valence-corrected chi connectivity index (χ1v) is 7.06. The minimum atomic E-state index is -0.535. The molecule has 1 aromatic heterocycles. The second kappa shape index (κ2) is 5.60. The number of hydrogen-bond acceptors (Lipinski definition) is 2. The van der Waals surface area contributed by atoms with Crippen molar-refractivity contribution in [2.75, 3.05) is 0 Å². The van der Waals surface area contributed by atoms with Gasteiger partial charge in [0.2, 0.25) is 0 Å². The third kappa shape index (κ3) is 2.70. The number of H-pyrrole nitrogens is 1. The van der Waals surface area contributed by atoms with Crippen molar-refractivity contribution >= 4 is 16.9 Å². The predicted octanol–water partition coefficient (Wildman–Crippen LogP) is 3.50. The molecule has 0 saturated heterocycles. The van der Waals surface area contributed by atoms with E-state index in [0.29, 0.717) is 5.82 Å². The molecule has 0 aliphatic carbocycles. The summed E-state index contributed by atoms with van der Waals surface area (Å²) in [5, 5.41) is 2.76. The van der Waals surface area contributed by atoms with Crippen LogP contribution in [-0.4, -0.2) is 15.9 Å². The van der Waals surface area contributed by atoms with E-state index in [1.165, 1.54) is 12.1 Å². The highest BCUT2D eigenvalue weighted by atomic mass is 19.1. The van der Waals surface area contributed by atoms with Crippen LogP contribution < -0.4 is 5.32 Å². The van der Waals surface area contributed by atoms with Gasteiger partial charge < -0.3 is 10.3 Å². The van der Waals surface area contributed by atoms with Crippen LogP contribution in [0.15, 0.2) is 42.5 Å². The topological polar surface area (TPSA) is 57.8 Å². The Morgan fingerprint density at radius 2 is 2.05 bits per heavy atom. The second-order valence-electron chi connectivity index (χ2n) is 5.32. The lowest BCUT2D eigenvalue weighted by atomic mass is 10.2. The van der Waals surface area contributed by atoms with Crippen molar-refractivity contribution in [2.45, 2.75) is 19.9 Å². The summed E-state index contributed by atoms with van der Waals surface area (Å²) in [6.45, 7) is 3.81. The van der Waals surface area contributed by atoms with Crippen LogP contribution in [-0.2, 0) is 0 Å². The van der Waals surface area contributed by atoms with Crippen LogP contribution in [0.1, 0.15) is 34.7 Å². The lowest BCUT2D eigenvalue weighted by Gasteiger charge is -2.11. The summed E-state index contributed by atoms with van der Waals surface area (Å²) in [6, 6.07) is 11.5. The van der Waals surface area contributed by atoms with E-state index in [-0.39, 0.29) is 11.6 Å². The number of nitrogens with zero attached hydrogens (tertiary/aromatic N) is 1. The van der Waals surface area contributed by atoms with Crippen LogP contribution >= 0.6 is 0 Å². The Hall–Kier alpha value is -2.69. The maximum atomic E-state index is 13.6. The molecule has 112 valence electrons. The fraction of sp³-hybridized carbons (Fsp3) is 0.176. The summed E-state index contributed by atoms with van der Waals surface area (Å²) in [5.74, 6) is -0.347. The summed E-state index contributed by atoms with van der Waals surface area (Å²) in [5.41, 5.74) is 2.92. The van der Waals surface area contributed by atoms with Crippen LogP contribution in [0.5, 0.6) is 0 Å². The molecule has 2 aromatic carbocycles. The SMILES string of the molecule is Cc1ccc2nc([C@@H](C)NC(=O)c3ccccc3F)[nH]c2c1. The maximum absolute atomic E-state index is 13.6. The highest BCUT2D eigenvalue weighted by Gasteiger charge is 2.17. The highest BCUT2D eigenvalue weighted by Crippen LogP contribution is 2.18.